The molecule has 0 bridgehead atoms. The maximum Gasteiger partial charge on any atom is 0.104 e. The van der Waals surface area contributed by atoms with E-state index in [0.717, 1.165) is 5.92 Å². The Balaban J connectivity index is 2.53. The molecule has 1 N–H and O–H groups in total. The third kappa shape index (κ3) is 2.68. The molecule has 2 heteroatoms. The van der Waals surface area contributed by atoms with E-state index in [1.54, 1.807) is 0 Å². The number of hydrogen-bond donors (Lipinski definition) is 1. The zero-order chi connectivity index (χ0) is 9.84. The monoisotopic (exact) mass is 185 g/mol. The highest BCUT2D eigenvalue weighted by Crippen LogP contribution is 2.30. The molecular formula is C11H23NO. The van der Waals surface area contributed by atoms with E-state index in [1.807, 2.05) is 14.0 Å². The lowest BCUT2D eigenvalue weighted by atomic mass is 9.82. The van der Waals surface area contributed by atoms with Gasteiger partial charge in [0.2, 0.25) is 0 Å². The topological polar surface area (TPSA) is 23.5 Å². The minimum Gasteiger partial charge on any atom is -0.379 e. The van der Waals surface area contributed by atoms with E-state index in [0.29, 0.717) is 6.04 Å². The summed E-state index contributed by atoms with van der Waals surface area (Å²) in [6, 6.07) is 0.610. The van der Waals surface area contributed by atoms with E-state index in [-0.39, 0.29) is 6.23 Å². The van der Waals surface area contributed by atoms with E-state index in [2.05, 4.69) is 11.8 Å². The lowest BCUT2D eigenvalue weighted by Crippen LogP contribution is -2.44. The van der Waals surface area contributed by atoms with Crippen molar-refractivity contribution in [2.45, 2.75) is 58.2 Å². The summed E-state index contributed by atoms with van der Waals surface area (Å²) >= 11 is 0. The lowest BCUT2D eigenvalue weighted by Gasteiger charge is -2.39. The van der Waals surface area contributed by atoms with Crippen molar-refractivity contribution in [3.05, 3.63) is 0 Å². The predicted octanol–water partition coefficient (Wildman–Crippen LogP) is 2.23. The number of hydrogen-bond acceptors (Lipinski definition) is 2. The zero-order valence-corrected chi connectivity index (χ0v) is 9.16. The van der Waals surface area contributed by atoms with Crippen molar-refractivity contribution in [2.24, 2.45) is 5.92 Å². The Hall–Kier alpha value is -0.0800. The average molecular weight is 185 g/mol. The van der Waals surface area contributed by atoms with Crippen LogP contribution >= 0.6 is 0 Å². The van der Waals surface area contributed by atoms with Gasteiger partial charge < -0.3 is 5.11 Å². The van der Waals surface area contributed by atoms with Crippen molar-refractivity contribution in [2.75, 3.05) is 7.05 Å². The van der Waals surface area contributed by atoms with Crippen molar-refractivity contribution < 1.29 is 5.11 Å². The zero-order valence-electron chi connectivity index (χ0n) is 9.16. The molecule has 2 nitrogen and oxygen atoms in total. The number of rotatable bonds is 3. The summed E-state index contributed by atoms with van der Waals surface area (Å²) in [7, 11) is 2.04. The lowest BCUT2D eigenvalue weighted by molar-refractivity contribution is -0.0216. The second kappa shape index (κ2) is 4.97. The third-order valence-corrected chi connectivity index (χ3v) is 3.51. The van der Waals surface area contributed by atoms with Gasteiger partial charge in [-0.15, -0.1) is 0 Å². The fourth-order valence-corrected chi connectivity index (χ4v) is 2.48. The molecule has 1 aliphatic rings. The second-order valence-electron chi connectivity index (χ2n) is 4.32. The summed E-state index contributed by atoms with van der Waals surface area (Å²) in [6.45, 7) is 4.13. The Morgan fingerprint density at radius 1 is 1.38 bits per heavy atom. The largest absolute Gasteiger partial charge is 0.379 e. The van der Waals surface area contributed by atoms with Gasteiger partial charge in [0, 0.05) is 6.04 Å². The molecule has 0 radical (unpaired) electrons. The van der Waals surface area contributed by atoms with Crippen molar-refractivity contribution in [1.82, 2.24) is 4.90 Å². The van der Waals surface area contributed by atoms with Crippen LogP contribution in [-0.4, -0.2) is 29.3 Å². The third-order valence-electron chi connectivity index (χ3n) is 3.51. The summed E-state index contributed by atoms with van der Waals surface area (Å²) in [5.41, 5.74) is 0. The molecule has 0 saturated heterocycles. The quantitative estimate of drug-likeness (QED) is 0.682. The molecule has 78 valence electrons. The highest BCUT2D eigenvalue weighted by molar-refractivity contribution is 4.81. The summed E-state index contributed by atoms with van der Waals surface area (Å²) in [4.78, 5) is 2.13. The van der Waals surface area contributed by atoms with Crippen LogP contribution in [0, 0.1) is 5.92 Å². The van der Waals surface area contributed by atoms with Gasteiger partial charge in [-0.25, -0.2) is 0 Å². The van der Waals surface area contributed by atoms with Crippen LogP contribution in [-0.2, 0) is 0 Å². The molecule has 0 aromatic heterocycles. The predicted molar refractivity (Wildman–Crippen MR) is 55.5 cm³/mol. The molecule has 0 heterocycles. The molecule has 1 saturated carbocycles. The molecule has 1 fully saturated rings. The molecular weight excluding hydrogens is 162 g/mol. The van der Waals surface area contributed by atoms with Crippen LogP contribution in [0.2, 0.25) is 0 Å². The van der Waals surface area contributed by atoms with E-state index < -0.39 is 0 Å². The molecule has 1 rings (SSSR count). The minimum atomic E-state index is -0.294. The molecule has 1 aliphatic carbocycles. The highest BCUT2D eigenvalue weighted by atomic mass is 16.3. The maximum atomic E-state index is 9.51. The summed E-state index contributed by atoms with van der Waals surface area (Å²) in [6.07, 6.45) is 6.28. The van der Waals surface area contributed by atoms with E-state index in [4.69, 9.17) is 0 Å². The smallest absolute Gasteiger partial charge is 0.104 e. The van der Waals surface area contributed by atoms with Crippen LogP contribution in [0.25, 0.3) is 0 Å². The summed E-state index contributed by atoms with van der Waals surface area (Å²) in [5.74, 6) is 0.799. The van der Waals surface area contributed by atoms with E-state index in [1.165, 1.54) is 32.1 Å². The van der Waals surface area contributed by atoms with Crippen LogP contribution in [0.5, 0.6) is 0 Å². The van der Waals surface area contributed by atoms with E-state index in [9.17, 15) is 5.11 Å². The summed E-state index contributed by atoms with van der Waals surface area (Å²) < 4.78 is 0. The van der Waals surface area contributed by atoms with Gasteiger partial charge in [0.05, 0.1) is 0 Å². The number of aliphatic hydroxyl groups is 1. The van der Waals surface area contributed by atoms with Gasteiger partial charge in [-0.2, -0.15) is 0 Å². The van der Waals surface area contributed by atoms with Crippen LogP contribution in [0.4, 0.5) is 0 Å². The Labute approximate surface area is 81.9 Å². The molecule has 3 unspecified atom stereocenters. The first-order valence-corrected chi connectivity index (χ1v) is 5.56. The minimum absolute atomic E-state index is 0.294. The van der Waals surface area contributed by atoms with Crippen LogP contribution < -0.4 is 0 Å². The Kier molecular flexibility index (Phi) is 4.20. The van der Waals surface area contributed by atoms with Gasteiger partial charge in [-0.05, 0) is 32.7 Å². The maximum absolute atomic E-state index is 9.51. The number of nitrogens with zero attached hydrogens (tertiary/aromatic N) is 1. The normalized spacial score (nSPS) is 32.1. The Bertz CT molecular complexity index is 145. The molecule has 0 aliphatic heterocycles. The summed E-state index contributed by atoms with van der Waals surface area (Å²) in [5, 5.41) is 9.51. The van der Waals surface area contributed by atoms with Crippen molar-refractivity contribution in [3.63, 3.8) is 0 Å². The molecule has 0 amide bonds. The van der Waals surface area contributed by atoms with Crippen molar-refractivity contribution >= 4 is 0 Å². The van der Waals surface area contributed by atoms with Crippen LogP contribution in [0.3, 0.4) is 0 Å². The molecule has 3 atom stereocenters. The van der Waals surface area contributed by atoms with Gasteiger partial charge in [0.1, 0.15) is 6.23 Å². The van der Waals surface area contributed by atoms with Gasteiger partial charge in [0.15, 0.2) is 0 Å². The first-order chi connectivity index (χ1) is 6.16. The fraction of sp³-hybridized carbons (Fsp3) is 1.00. The van der Waals surface area contributed by atoms with E-state index >= 15 is 0 Å². The average Bonchev–Trinajstić information content (AvgIpc) is 2.16. The van der Waals surface area contributed by atoms with Crippen molar-refractivity contribution in [3.8, 4) is 0 Å². The van der Waals surface area contributed by atoms with Gasteiger partial charge in [-0.1, -0.05) is 26.2 Å². The molecule has 0 aromatic rings. The van der Waals surface area contributed by atoms with Crippen LogP contribution in [0.1, 0.15) is 46.0 Å². The van der Waals surface area contributed by atoms with Crippen molar-refractivity contribution in [1.29, 1.82) is 0 Å². The number of aliphatic hydroxyl groups excluding tert-OH is 1. The SMILES string of the molecule is CCC1CCCCC1N(C)C(C)O. The van der Waals surface area contributed by atoms with Gasteiger partial charge >= 0.3 is 0 Å². The Morgan fingerprint density at radius 3 is 2.54 bits per heavy atom. The standard InChI is InChI=1S/C11H23NO/c1-4-10-7-5-6-8-11(10)12(3)9(2)13/h9-11,13H,4-8H2,1-3H3. The van der Waals surface area contributed by atoms with Gasteiger partial charge in [0.25, 0.3) is 0 Å². The fourth-order valence-electron chi connectivity index (χ4n) is 2.48. The molecule has 0 aromatic carbocycles. The highest BCUT2D eigenvalue weighted by Gasteiger charge is 2.28. The Morgan fingerprint density at radius 2 is 2.00 bits per heavy atom. The van der Waals surface area contributed by atoms with Crippen LogP contribution in [0.15, 0.2) is 0 Å². The first-order valence-electron chi connectivity index (χ1n) is 5.56. The molecule has 0 spiro atoms. The van der Waals surface area contributed by atoms with Gasteiger partial charge in [-0.3, -0.25) is 4.90 Å². The molecule has 13 heavy (non-hydrogen) atoms. The second-order valence-corrected chi connectivity index (χ2v) is 4.32. The first kappa shape index (κ1) is 11.0.